The Balaban J connectivity index is 2.42. The van der Waals surface area contributed by atoms with Crippen LogP contribution in [0.3, 0.4) is 0 Å². The van der Waals surface area contributed by atoms with Crippen molar-refractivity contribution in [3.63, 3.8) is 0 Å². The van der Waals surface area contributed by atoms with Crippen LogP contribution in [-0.2, 0) is 10.0 Å². The van der Waals surface area contributed by atoms with Gasteiger partial charge in [-0.1, -0.05) is 0 Å². The maximum atomic E-state index is 11.2. The Morgan fingerprint density at radius 1 is 1.25 bits per heavy atom. The normalized spacial score (nSPS) is 16.8. The molecule has 0 saturated carbocycles. The van der Waals surface area contributed by atoms with Crippen LogP contribution in [0, 0.1) is 0 Å². The molecule has 7 heteroatoms. The van der Waals surface area contributed by atoms with Gasteiger partial charge in [0.25, 0.3) is 0 Å². The first kappa shape index (κ1) is 9.37. The zero-order chi connectivity index (χ0) is 11.3. The highest BCUT2D eigenvalue weighted by Gasteiger charge is 2.18. The Kier molecular flexibility index (Phi) is 1.66. The van der Waals surface area contributed by atoms with E-state index in [-0.39, 0.29) is 4.90 Å². The molecule has 2 aliphatic rings. The van der Waals surface area contributed by atoms with Gasteiger partial charge in [0.1, 0.15) is 11.4 Å². The van der Waals surface area contributed by atoms with Crippen LogP contribution in [0.25, 0.3) is 5.70 Å². The molecule has 0 aliphatic carbocycles. The van der Waals surface area contributed by atoms with Crippen LogP contribution in [0.4, 0.5) is 0 Å². The average molecular weight is 234 g/mol. The number of fused-ring (bicyclic) bond motifs is 2. The lowest BCUT2D eigenvalue weighted by Crippen LogP contribution is -2.25. The number of benzene rings is 1. The molecule has 2 heterocycles. The third-order valence-electron chi connectivity index (χ3n) is 2.37. The van der Waals surface area contributed by atoms with Crippen molar-refractivity contribution in [2.75, 3.05) is 0 Å². The first-order valence-corrected chi connectivity index (χ1v) is 5.98. The summed E-state index contributed by atoms with van der Waals surface area (Å²) in [6.07, 6.45) is 1.53. The maximum absolute atomic E-state index is 11.2. The van der Waals surface area contributed by atoms with E-state index in [1.165, 1.54) is 18.3 Å². The van der Waals surface area contributed by atoms with Crippen molar-refractivity contribution in [2.24, 2.45) is 20.4 Å². The molecule has 0 saturated heterocycles. The molecule has 0 spiro atoms. The zero-order valence-electron chi connectivity index (χ0n) is 7.95. The molecular weight excluding hydrogens is 228 g/mol. The first-order valence-electron chi connectivity index (χ1n) is 4.43. The molecule has 0 fully saturated rings. The van der Waals surface area contributed by atoms with Crippen LogP contribution >= 0.6 is 0 Å². The summed E-state index contributed by atoms with van der Waals surface area (Å²) in [4.78, 5) is 4.29. The predicted octanol–water partition coefficient (Wildman–Crippen LogP) is -0.617. The third kappa shape index (κ3) is 1.22. The fraction of sp³-hybridized carbons (Fsp3) is 0. The summed E-state index contributed by atoms with van der Waals surface area (Å²) in [5, 5.41) is 14.0. The minimum Gasteiger partial charge on any atom is -0.244 e. The molecule has 0 aromatic heterocycles. The van der Waals surface area contributed by atoms with Gasteiger partial charge in [-0.25, -0.2) is 18.5 Å². The van der Waals surface area contributed by atoms with Crippen molar-refractivity contribution < 1.29 is 8.42 Å². The Bertz CT molecular complexity index is 774. The number of hydrogen-bond acceptors (Lipinski definition) is 5. The molecule has 0 unspecified atom stereocenters. The van der Waals surface area contributed by atoms with E-state index in [0.29, 0.717) is 22.0 Å². The van der Waals surface area contributed by atoms with Gasteiger partial charge in [0.15, 0.2) is 0 Å². The first-order chi connectivity index (χ1) is 7.55. The number of nitrogens with zero attached hydrogens (tertiary/aromatic N) is 3. The largest absolute Gasteiger partial charge is 0.244 e. The molecule has 0 atom stereocenters. The number of hydrogen-bond donors (Lipinski definition) is 1. The lowest BCUT2D eigenvalue weighted by molar-refractivity contribution is 0.597. The second kappa shape index (κ2) is 2.83. The van der Waals surface area contributed by atoms with Gasteiger partial charge in [0.05, 0.1) is 16.5 Å². The molecule has 2 N–H and O–H groups in total. The number of primary sulfonamides is 1. The zero-order valence-corrected chi connectivity index (χ0v) is 8.77. The smallest absolute Gasteiger partial charge is 0.238 e. The lowest BCUT2D eigenvalue weighted by atomic mass is 10.2. The van der Waals surface area contributed by atoms with E-state index in [1.54, 1.807) is 6.07 Å². The summed E-state index contributed by atoms with van der Waals surface area (Å²) in [5.74, 6) is 0. The fourth-order valence-electron chi connectivity index (χ4n) is 1.64. The molecule has 80 valence electrons. The number of azo groups is 1. The Hall–Kier alpha value is -1.86. The van der Waals surface area contributed by atoms with Crippen molar-refractivity contribution >= 4 is 15.7 Å². The van der Waals surface area contributed by atoms with E-state index in [1.807, 2.05) is 0 Å². The molecule has 2 aliphatic heterocycles. The Labute approximate surface area is 90.6 Å². The SMILES string of the molecule is NS(=O)(=O)c1ccc2c(c1)=C1N=NC=C1N=2. The van der Waals surface area contributed by atoms with E-state index in [9.17, 15) is 8.42 Å². The molecular formula is C9H6N4O2S. The van der Waals surface area contributed by atoms with Crippen molar-refractivity contribution in [3.8, 4) is 0 Å². The second-order valence-corrected chi connectivity index (χ2v) is 4.98. The molecule has 16 heavy (non-hydrogen) atoms. The van der Waals surface area contributed by atoms with E-state index >= 15 is 0 Å². The van der Waals surface area contributed by atoms with E-state index in [4.69, 9.17) is 5.14 Å². The van der Waals surface area contributed by atoms with Gasteiger partial charge in [0, 0.05) is 5.22 Å². The highest BCUT2D eigenvalue weighted by atomic mass is 32.2. The van der Waals surface area contributed by atoms with Crippen LogP contribution in [-0.4, -0.2) is 8.42 Å². The lowest BCUT2D eigenvalue weighted by Gasteiger charge is -1.95. The minimum atomic E-state index is -3.70. The quantitative estimate of drug-likeness (QED) is 0.700. The predicted molar refractivity (Wildman–Crippen MR) is 54.9 cm³/mol. The average Bonchev–Trinajstić information content (AvgIpc) is 2.74. The third-order valence-corrected chi connectivity index (χ3v) is 3.28. The summed E-state index contributed by atoms with van der Waals surface area (Å²) in [7, 11) is -3.70. The van der Waals surface area contributed by atoms with Gasteiger partial charge in [-0.15, -0.1) is 5.11 Å². The highest BCUT2D eigenvalue weighted by Crippen LogP contribution is 2.21. The molecule has 0 amide bonds. The molecule has 1 aromatic rings. The Morgan fingerprint density at radius 3 is 2.81 bits per heavy atom. The number of rotatable bonds is 1. The maximum Gasteiger partial charge on any atom is 0.238 e. The van der Waals surface area contributed by atoms with Crippen molar-refractivity contribution in [1.29, 1.82) is 0 Å². The van der Waals surface area contributed by atoms with Crippen LogP contribution in [0.15, 0.2) is 50.2 Å². The summed E-state index contributed by atoms with van der Waals surface area (Å²) >= 11 is 0. The Morgan fingerprint density at radius 2 is 2.06 bits per heavy atom. The molecule has 0 radical (unpaired) electrons. The summed E-state index contributed by atoms with van der Waals surface area (Å²) in [6, 6.07) is 4.50. The van der Waals surface area contributed by atoms with Crippen LogP contribution < -0.4 is 15.7 Å². The van der Waals surface area contributed by atoms with Crippen molar-refractivity contribution in [2.45, 2.75) is 4.90 Å². The summed E-state index contributed by atoms with van der Waals surface area (Å²) < 4.78 is 22.4. The van der Waals surface area contributed by atoms with Gasteiger partial charge < -0.3 is 0 Å². The van der Waals surface area contributed by atoms with Gasteiger partial charge in [-0.3, -0.25) is 0 Å². The molecule has 1 aromatic carbocycles. The molecule has 3 rings (SSSR count). The number of sulfonamides is 1. The van der Waals surface area contributed by atoms with E-state index in [2.05, 4.69) is 15.2 Å². The summed E-state index contributed by atoms with van der Waals surface area (Å²) in [6.45, 7) is 0. The standard InChI is InChI=1S/C9H6N4O2S/c10-16(14,15)5-1-2-7-6(3-5)9-8(12-7)4-11-13-9/h1-4H,(H2,10,14,15). The highest BCUT2D eigenvalue weighted by molar-refractivity contribution is 7.89. The van der Waals surface area contributed by atoms with Crippen molar-refractivity contribution in [1.82, 2.24) is 0 Å². The minimum absolute atomic E-state index is 0.0531. The van der Waals surface area contributed by atoms with Gasteiger partial charge >= 0.3 is 0 Å². The fourth-order valence-corrected chi connectivity index (χ4v) is 2.18. The number of nitrogens with two attached hydrogens (primary N) is 1. The van der Waals surface area contributed by atoms with Crippen LogP contribution in [0.5, 0.6) is 0 Å². The second-order valence-electron chi connectivity index (χ2n) is 3.41. The van der Waals surface area contributed by atoms with E-state index < -0.39 is 10.0 Å². The van der Waals surface area contributed by atoms with Crippen molar-refractivity contribution in [3.05, 3.63) is 40.7 Å². The van der Waals surface area contributed by atoms with Gasteiger partial charge in [0.2, 0.25) is 10.0 Å². The van der Waals surface area contributed by atoms with E-state index in [0.717, 1.165) is 0 Å². The molecule has 0 bridgehead atoms. The monoisotopic (exact) mass is 234 g/mol. The van der Waals surface area contributed by atoms with Crippen LogP contribution in [0.2, 0.25) is 0 Å². The topological polar surface area (TPSA) is 97.2 Å². The van der Waals surface area contributed by atoms with Crippen LogP contribution in [0.1, 0.15) is 0 Å². The van der Waals surface area contributed by atoms with Gasteiger partial charge in [-0.05, 0) is 18.2 Å². The molecule has 6 nitrogen and oxygen atoms in total. The summed E-state index contributed by atoms with van der Waals surface area (Å²) in [5.41, 5.74) is 1.25. The van der Waals surface area contributed by atoms with Gasteiger partial charge in [-0.2, -0.15) is 5.11 Å².